The topological polar surface area (TPSA) is 94.2 Å². The number of amides is 2. The molecule has 0 saturated carbocycles. The van der Waals surface area contributed by atoms with Crippen LogP contribution in [0.3, 0.4) is 0 Å². The number of benzene rings is 3. The fourth-order valence-corrected chi connectivity index (χ4v) is 4.91. The Bertz CT molecular complexity index is 1450. The number of likely N-dealkylation sites (N-methyl/N-ethyl adjacent to an activating group) is 2. The summed E-state index contributed by atoms with van der Waals surface area (Å²) in [6, 6.07) is 22.2. The van der Waals surface area contributed by atoms with Crippen LogP contribution in [0.25, 0.3) is 11.3 Å². The van der Waals surface area contributed by atoms with Crippen LogP contribution in [0.15, 0.2) is 72.8 Å². The van der Waals surface area contributed by atoms with E-state index in [4.69, 9.17) is 4.74 Å². The molecule has 3 aromatic carbocycles. The Morgan fingerprint density at radius 2 is 1.63 bits per heavy atom. The van der Waals surface area contributed by atoms with Gasteiger partial charge in [-0.1, -0.05) is 36.4 Å². The van der Waals surface area contributed by atoms with Crippen LogP contribution in [0.5, 0.6) is 0 Å². The van der Waals surface area contributed by atoms with Crippen LogP contribution >= 0.6 is 12.4 Å². The molecule has 2 amide bonds. The van der Waals surface area contributed by atoms with Crippen LogP contribution < -0.4 is 15.5 Å². The minimum absolute atomic E-state index is 0. The number of halogens is 1. The third-order valence-corrected chi connectivity index (χ3v) is 7.35. The molecule has 0 atom stereocenters. The van der Waals surface area contributed by atoms with E-state index in [1.54, 1.807) is 30.1 Å². The lowest BCUT2D eigenvalue weighted by Gasteiger charge is -2.32. The lowest BCUT2D eigenvalue weighted by atomic mass is 9.99. The largest absolute Gasteiger partial charge is 0.465 e. The highest BCUT2D eigenvalue weighted by Crippen LogP contribution is 2.38. The maximum absolute atomic E-state index is 13.2. The third-order valence-electron chi connectivity index (χ3n) is 7.35. The first kappa shape index (κ1) is 29.8. The monoisotopic (exact) mass is 575 g/mol. The summed E-state index contributed by atoms with van der Waals surface area (Å²) in [6.45, 7) is 4.09. The summed E-state index contributed by atoms with van der Waals surface area (Å²) in [5.74, 6) is -0.694. The van der Waals surface area contributed by atoms with Crippen LogP contribution in [0.1, 0.15) is 21.5 Å². The molecule has 2 aliphatic rings. The number of esters is 1. The minimum atomic E-state index is -0.469. The van der Waals surface area contributed by atoms with Gasteiger partial charge in [-0.15, -0.1) is 12.4 Å². The standard InChI is InChI=1S/C31H33N5O4.ClH/c1-34-15-17-36(18-16-34)20-27(37)35(2)24-12-10-23(11-13-24)32-29(21-7-5-4-6-8-21)28-25-14-9-22(31(39)40-3)19-26(25)33-30(28)38;/h4-14,19,32H,15-18,20H2,1-3H3,(H,33,38);1H/b29-28-;. The third kappa shape index (κ3) is 6.59. The predicted octanol–water partition coefficient (Wildman–Crippen LogP) is 4.04. The van der Waals surface area contributed by atoms with E-state index in [0.29, 0.717) is 34.6 Å². The first-order valence-corrected chi connectivity index (χ1v) is 13.2. The Morgan fingerprint density at radius 3 is 2.29 bits per heavy atom. The van der Waals surface area contributed by atoms with Gasteiger partial charge in [-0.3, -0.25) is 14.5 Å². The van der Waals surface area contributed by atoms with Gasteiger partial charge in [0.1, 0.15) is 0 Å². The summed E-state index contributed by atoms with van der Waals surface area (Å²) >= 11 is 0. The summed E-state index contributed by atoms with van der Waals surface area (Å²) in [6.07, 6.45) is 0. The summed E-state index contributed by atoms with van der Waals surface area (Å²) < 4.78 is 4.82. The van der Waals surface area contributed by atoms with Crippen molar-refractivity contribution in [1.29, 1.82) is 0 Å². The van der Waals surface area contributed by atoms with Gasteiger partial charge in [-0.25, -0.2) is 4.79 Å². The van der Waals surface area contributed by atoms with Crippen LogP contribution in [0.2, 0.25) is 0 Å². The van der Waals surface area contributed by atoms with Gasteiger partial charge in [-0.05, 0) is 49.0 Å². The van der Waals surface area contributed by atoms with Crippen molar-refractivity contribution < 1.29 is 19.1 Å². The molecule has 41 heavy (non-hydrogen) atoms. The molecule has 214 valence electrons. The predicted molar refractivity (Wildman–Crippen MR) is 164 cm³/mol. The van der Waals surface area contributed by atoms with Crippen molar-refractivity contribution in [3.8, 4) is 0 Å². The summed E-state index contributed by atoms with van der Waals surface area (Å²) in [5, 5.41) is 6.31. The summed E-state index contributed by atoms with van der Waals surface area (Å²) in [5.41, 5.74) is 5.10. The lowest BCUT2D eigenvalue weighted by Crippen LogP contribution is -2.48. The second-order valence-electron chi connectivity index (χ2n) is 10.0. The maximum Gasteiger partial charge on any atom is 0.337 e. The molecule has 5 rings (SSSR count). The molecule has 0 unspecified atom stereocenters. The molecule has 2 N–H and O–H groups in total. The van der Waals surface area contributed by atoms with E-state index in [2.05, 4.69) is 27.5 Å². The van der Waals surface area contributed by atoms with E-state index in [1.807, 2.05) is 54.6 Å². The average Bonchev–Trinajstić information content (AvgIpc) is 3.31. The molecule has 2 aliphatic heterocycles. The van der Waals surface area contributed by atoms with Gasteiger partial charge in [0.25, 0.3) is 5.91 Å². The number of methoxy groups -OCH3 is 1. The van der Waals surface area contributed by atoms with E-state index in [1.165, 1.54) is 7.11 Å². The van der Waals surface area contributed by atoms with Crippen LogP contribution in [-0.4, -0.2) is 81.5 Å². The summed E-state index contributed by atoms with van der Waals surface area (Å²) in [4.78, 5) is 44.3. The number of ether oxygens (including phenoxy) is 1. The molecule has 2 heterocycles. The van der Waals surface area contributed by atoms with E-state index in [0.717, 1.165) is 43.1 Å². The molecule has 0 bridgehead atoms. The number of nitrogens with one attached hydrogen (secondary N) is 2. The van der Waals surface area contributed by atoms with Crippen LogP contribution in [0.4, 0.5) is 17.1 Å². The van der Waals surface area contributed by atoms with Crippen molar-refractivity contribution >= 4 is 58.5 Å². The van der Waals surface area contributed by atoms with Crippen LogP contribution in [-0.2, 0) is 14.3 Å². The normalized spacial score (nSPS) is 16.2. The number of piperazine rings is 1. The second kappa shape index (κ2) is 13.0. The van der Waals surface area contributed by atoms with Gasteiger partial charge in [0, 0.05) is 50.2 Å². The fourth-order valence-electron chi connectivity index (χ4n) is 4.91. The van der Waals surface area contributed by atoms with Crippen molar-refractivity contribution in [2.45, 2.75) is 0 Å². The fraction of sp³-hybridized carbons (Fsp3) is 0.258. The number of hydrogen-bond acceptors (Lipinski definition) is 7. The van der Waals surface area contributed by atoms with Gasteiger partial charge in [0.2, 0.25) is 5.91 Å². The number of rotatable bonds is 7. The van der Waals surface area contributed by atoms with Gasteiger partial charge < -0.3 is 25.2 Å². The molecular formula is C31H34ClN5O4. The molecule has 0 spiro atoms. The number of fused-ring (bicyclic) bond motifs is 1. The van der Waals surface area contributed by atoms with E-state index >= 15 is 0 Å². The molecule has 10 heteroatoms. The highest BCUT2D eigenvalue weighted by Gasteiger charge is 2.29. The van der Waals surface area contributed by atoms with Crippen molar-refractivity contribution in [3.05, 3.63) is 89.5 Å². The number of carbonyl (C=O) groups excluding carboxylic acids is 3. The average molecular weight is 576 g/mol. The van der Waals surface area contributed by atoms with Gasteiger partial charge >= 0.3 is 5.97 Å². The molecule has 3 aromatic rings. The quantitative estimate of drug-likeness (QED) is 0.324. The van der Waals surface area contributed by atoms with Crippen molar-refractivity contribution in [1.82, 2.24) is 9.80 Å². The first-order valence-electron chi connectivity index (χ1n) is 13.2. The number of hydrogen-bond donors (Lipinski definition) is 2. The van der Waals surface area contributed by atoms with Gasteiger partial charge in [-0.2, -0.15) is 0 Å². The number of anilines is 3. The maximum atomic E-state index is 13.2. The molecule has 1 fully saturated rings. The molecule has 0 aliphatic carbocycles. The van der Waals surface area contributed by atoms with Gasteiger partial charge in [0.05, 0.1) is 36.2 Å². The lowest BCUT2D eigenvalue weighted by molar-refractivity contribution is -0.119. The Labute approximate surface area is 246 Å². The van der Waals surface area contributed by atoms with Crippen LogP contribution in [0, 0.1) is 0 Å². The molecule has 0 radical (unpaired) electrons. The van der Waals surface area contributed by atoms with E-state index in [9.17, 15) is 14.4 Å². The van der Waals surface area contributed by atoms with Crippen molar-refractivity contribution in [3.63, 3.8) is 0 Å². The molecule has 1 saturated heterocycles. The molecular weight excluding hydrogens is 542 g/mol. The smallest absolute Gasteiger partial charge is 0.337 e. The molecule has 9 nitrogen and oxygen atoms in total. The van der Waals surface area contributed by atoms with Crippen molar-refractivity contribution in [2.24, 2.45) is 0 Å². The Kier molecular flexibility index (Phi) is 9.44. The highest BCUT2D eigenvalue weighted by atomic mass is 35.5. The Morgan fingerprint density at radius 1 is 0.951 bits per heavy atom. The highest BCUT2D eigenvalue weighted by molar-refractivity contribution is 6.37. The number of carbonyl (C=O) groups is 3. The zero-order valence-corrected chi connectivity index (χ0v) is 24.2. The van der Waals surface area contributed by atoms with E-state index < -0.39 is 5.97 Å². The Hall–Kier alpha value is -4.18. The van der Waals surface area contributed by atoms with E-state index in [-0.39, 0.29) is 24.2 Å². The van der Waals surface area contributed by atoms with Crippen molar-refractivity contribution in [2.75, 3.05) is 69.5 Å². The molecule has 0 aromatic heterocycles. The number of nitrogens with zero attached hydrogens (tertiary/aromatic N) is 3. The first-order chi connectivity index (χ1) is 19.3. The zero-order chi connectivity index (χ0) is 28.2. The SMILES string of the molecule is COC(=O)c1ccc2c(c1)NC(=O)/C2=C(\Nc1ccc(N(C)C(=O)CN2CCN(C)CC2)cc1)c1ccccc1.Cl. The minimum Gasteiger partial charge on any atom is -0.465 e. The zero-order valence-electron chi connectivity index (χ0n) is 23.3. The summed E-state index contributed by atoms with van der Waals surface area (Å²) in [7, 11) is 5.21. The second-order valence-corrected chi connectivity index (χ2v) is 10.0. The Balaban J connectivity index is 0.00000387. The van der Waals surface area contributed by atoms with Gasteiger partial charge in [0.15, 0.2) is 0 Å².